The van der Waals surface area contributed by atoms with Gasteiger partial charge in [0.25, 0.3) is 0 Å². The summed E-state index contributed by atoms with van der Waals surface area (Å²) in [5, 5.41) is 3.11. The molecule has 1 aliphatic rings. The summed E-state index contributed by atoms with van der Waals surface area (Å²) in [7, 11) is 3.56. The Morgan fingerprint density at radius 1 is 1.33 bits per heavy atom. The molecule has 1 saturated heterocycles. The molecule has 0 aromatic carbocycles. The van der Waals surface area contributed by atoms with Gasteiger partial charge in [-0.25, -0.2) is 9.97 Å². The average Bonchev–Trinajstić information content (AvgIpc) is 2.73. The molecule has 1 fully saturated rings. The average molecular weight is 292 g/mol. The lowest BCUT2D eigenvalue weighted by atomic mass is 9.89. The van der Waals surface area contributed by atoms with E-state index < -0.39 is 0 Å². The molecule has 1 unspecified atom stereocenters. The summed E-state index contributed by atoms with van der Waals surface area (Å²) < 4.78 is 5.17. The van der Waals surface area contributed by atoms with E-state index in [-0.39, 0.29) is 0 Å². The van der Waals surface area contributed by atoms with Crippen molar-refractivity contribution in [3.8, 4) is 0 Å². The monoisotopic (exact) mass is 292 g/mol. The van der Waals surface area contributed by atoms with E-state index in [0.29, 0.717) is 6.61 Å². The Labute approximate surface area is 128 Å². The second-order valence-corrected chi connectivity index (χ2v) is 6.13. The van der Waals surface area contributed by atoms with E-state index in [9.17, 15) is 0 Å². The zero-order valence-electron chi connectivity index (χ0n) is 13.7. The van der Waals surface area contributed by atoms with Crippen molar-refractivity contribution >= 4 is 11.6 Å². The molecule has 0 aliphatic carbocycles. The van der Waals surface area contributed by atoms with Crippen LogP contribution < -0.4 is 10.2 Å². The van der Waals surface area contributed by atoms with Gasteiger partial charge in [-0.05, 0) is 31.1 Å². The van der Waals surface area contributed by atoms with Crippen LogP contribution >= 0.6 is 0 Å². The third-order valence-electron chi connectivity index (χ3n) is 4.33. The second kappa shape index (κ2) is 7.59. The summed E-state index contributed by atoms with van der Waals surface area (Å²) in [6.07, 6.45) is 3.81. The molecule has 5 nitrogen and oxygen atoms in total. The van der Waals surface area contributed by atoms with Crippen molar-refractivity contribution in [1.29, 1.82) is 0 Å². The Balaban J connectivity index is 2.14. The molecule has 1 atom stereocenters. The minimum atomic E-state index is 0.449. The smallest absolute Gasteiger partial charge is 0.158 e. The Hall–Kier alpha value is -1.36. The quantitative estimate of drug-likeness (QED) is 0.904. The summed E-state index contributed by atoms with van der Waals surface area (Å²) in [4.78, 5) is 11.5. The van der Waals surface area contributed by atoms with Gasteiger partial charge >= 0.3 is 0 Å². The van der Waals surface area contributed by atoms with Crippen molar-refractivity contribution in [1.82, 2.24) is 9.97 Å². The molecule has 1 aromatic rings. The fourth-order valence-electron chi connectivity index (χ4n) is 2.98. The molecule has 2 heterocycles. The fraction of sp³-hybridized carbons (Fsp3) is 0.750. The molecular weight excluding hydrogens is 264 g/mol. The molecule has 118 valence electrons. The molecule has 1 N–H and O–H groups in total. The van der Waals surface area contributed by atoms with E-state index in [1.807, 2.05) is 13.1 Å². The Morgan fingerprint density at radius 2 is 2.14 bits per heavy atom. The van der Waals surface area contributed by atoms with E-state index in [1.54, 1.807) is 7.11 Å². The first-order chi connectivity index (χ1) is 10.1. The van der Waals surface area contributed by atoms with Crippen molar-refractivity contribution in [3.05, 3.63) is 11.9 Å². The standard InChI is InChI=1S/C16H28N4O/c1-12(2)13-6-5-8-20(9-7-13)16-10-14(17-3)18-15(19-16)11-21-4/h10,12-13H,5-9,11H2,1-4H3,(H,17,18,19). The van der Waals surface area contributed by atoms with Gasteiger partial charge in [-0.2, -0.15) is 0 Å². The maximum atomic E-state index is 5.17. The van der Waals surface area contributed by atoms with Crippen LogP contribution in [0.5, 0.6) is 0 Å². The Morgan fingerprint density at radius 3 is 2.81 bits per heavy atom. The van der Waals surface area contributed by atoms with Gasteiger partial charge in [-0.15, -0.1) is 0 Å². The molecule has 0 bridgehead atoms. The maximum absolute atomic E-state index is 5.17. The van der Waals surface area contributed by atoms with Crippen LogP contribution in [0.25, 0.3) is 0 Å². The Kier molecular flexibility index (Phi) is 5.79. The van der Waals surface area contributed by atoms with Crippen LogP contribution in [-0.2, 0) is 11.3 Å². The number of aromatic nitrogens is 2. The highest BCUT2D eigenvalue weighted by atomic mass is 16.5. The normalized spacial score (nSPS) is 19.7. The first kappa shape index (κ1) is 16.0. The van der Waals surface area contributed by atoms with Crippen LogP contribution in [0.3, 0.4) is 0 Å². The number of rotatable bonds is 5. The van der Waals surface area contributed by atoms with Crippen LogP contribution in [-0.4, -0.2) is 37.2 Å². The summed E-state index contributed by atoms with van der Waals surface area (Å²) in [6, 6.07) is 2.04. The number of nitrogens with zero attached hydrogens (tertiary/aromatic N) is 3. The molecule has 0 spiro atoms. The van der Waals surface area contributed by atoms with E-state index >= 15 is 0 Å². The minimum Gasteiger partial charge on any atom is -0.377 e. The summed E-state index contributed by atoms with van der Waals surface area (Å²) in [5.41, 5.74) is 0. The van der Waals surface area contributed by atoms with Crippen molar-refractivity contribution in [3.63, 3.8) is 0 Å². The number of anilines is 2. The summed E-state index contributed by atoms with van der Waals surface area (Å²) in [5.74, 6) is 4.22. The molecule has 0 radical (unpaired) electrons. The van der Waals surface area contributed by atoms with Crippen LogP contribution in [0.1, 0.15) is 38.9 Å². The minimum absolute atomic E-state index is 0.449. The molecule has 0 amide bonds. The van der Waals surface area contributed by atoms with E-state index in [2.05, 4.69) is 34.0 Å². The molecular formula is C16H28N4O. The number of hydrogen-bond donors (Lipinski definition) is 1. The van der Waals surface area contributed by atoms with Crippen molar-refractivity contribution in [2.24, 2.45) is 11.8 Å². The summed E-state index contributed by atoms with van der Waals surface area (Å²) >= 11 is 0. The van der Waals surface area contributed by atoms with Crippen molar-refractivity contribution < 1.29 is 4.74 Å². The summed E-state index contributed by atoms with van der Waals surface area (Å²) in [6.45, 7) is 7.28. The van der Waals surface area contributed by atoms with Crippen molar-refractivity contribution in [2.75, 3.05) is 37.5 Å². The number of ether oxygens (including phenoxy) is 1. The Bertz CT molecular complexity index is 450. The van der Waals surface area contributed by atoms with Crippen LogP contribution in [0.4, 0.5) is 11.6 Å². The maximum Gasteiger partial charge on any atom is 0.158 e. The predicted molar refractivity (Wildman–Crippen MR) is 86.7 cm³/mol. The first-order valence-electron chi connectivity index (χ1n) is 7.93. The molecule has 21 heavy (non-hydrogen) atoms. The largest absolute Gasteiger partial charge is 0.377 e. The topological polar surface area (TPSA) is 50.3 Å². The van der Waals surface area contributed by atoms with Gasteiger partial charge in [0, 0.05) is 33.3 Å². The van der Waals surface area contributed by atoms with Gasteiger partial charge < -0.3 is 15.0 Å². The lowest BCUT2D eigenvalue weighted by Crippen LogP contribution is -2.26. The third-order valence-corrected chi connectivity index (χ3v) is 4.33. The number of hydrogen-bond acceptors (Lipinski definition) is 5. The highest BCUT2D eigenvalue weighted by Crippen LogP contribution is 2.27. The molecule has 2 rings (SSSR count). The zero-order chi connectivity index (χ0) is 15.2. The van der Waals surface area contributed by atoms with Gasteiger partial charge in [0.15, 0.2) is 5.82 Å². The van der Waals surface area contributed by atoms with Crippen molar-refractivity contribution in [2.45, 2.75) is 39.7 Å². The van der Waals surface area contributed by atoms with E-state index in [1.165, 1.54) is 19.3 Å². The first-order valence-corrected chi connectivity index (χ1v) is 7.93. The van der Waals surface area contributed by atoms with Gasteiger partial charge in [0.2, 0.25) is 0 Å². The van der Waals surface area contributed by atoms with E-state index in [4.69, 9.17) is 4.74 Å². The van der Waals surface area contributed by atoms with Gasteiger partial charge in [-0.3, -0.25) is 0 Å². The van der Waals surface area contributed by atoms with Crippen LogP contribution in [0.15, 0.2) is 6.07 Å². The molecule has 5 heteroatoms. The second-order valence-electron chi connectivity index (χ2n) is 6.13. The lowest BCUT2D eigenvalue weighted by molar-refractivity contribution is 0.178. The highest BCUT2D eigenvalue weighted by molar-refractivity contribution is 5.49. The van der Waals surface area contributed by atoms with Crippen LogP contribution in [0, 0.1) is 11.8 Å². The molecule has 1 aliphatic heterocycles. The molecule has 1 aromatic heterocycles. The lowest BCUT2D eigenvalue weighted by Gasteiger charge is -2.23. The van der Waals surface area contributed by atoms with Gasteiger partial charge in [0.05, 0.1) is 0 Å². The van der Waals surface area contributed by atoms with Gasteiger partial charge in [-0.1, -0.05) is 13.8 Å². The predicted octanol–water partition coefficient (Wildman–Crippen LogP) is 2.93. The van der Waals surface area contributed by atoms with Gasteiger partial charge in [0.1, 0.15) is 18.2 Å². The van der Waals surface area contributed by atoms with Crippen LogP contribution in [0.2, 0.25) is 0 Å². The zero-order valence-corrected chi connectivity index (χ0v) is 13.7. The number of methoxy groups -OCH3 is 1. The SMILES string of the molecule is CNc1cc(N2CCCC(C(C)C)CC2)nc(COC)n1. The highest BCUT2D eigenvalue weighted by Gasteiger charge is 2.21. The fourth-order valence-corrected chi connectivity index (χ4v) is 2.98. The third kappa shape index (κ3) is 4.30. The number of nitrogens with one attached hydrogen (secondary N) is 1. The van der Waals surface area contributed by atoms with E-state index in [0.717, 1.165) is 42.4 Å². The molecule has 0 saturated carbocycles.